The average molecular weight is 407 g/mol. The summed E-state index contributed by atoms with van der Waals surface area (Å²) in [5.74, 6) is 2.15. The second kappa shape index (κ2) is 8.08. The summed E-state index contributed by atoms with van der Waals surface area (Å²) in [5, 5.41) is 9.52. The highest BCUT2D eigenvalue weighted by Gasteiger charge is 2.14. The van der Waals surface area contributed by atoms with Crippen LogP contribution in [0.5, 0.6) is 5.75 Å². The Bertz CT molecular complexity index is 1210. The second-order valence-electron chi connectivity index (χ2n) is 6.51. The maximum Gasteiger partial charge on any atom is 0.258 e. The summed E-state index contributed by atoms with van der Waals surface area (Å²) >= 11 is 1.52. The Morgan fingerprint density at radius 2 is 1.90 bits per heavy atom. The molecule has 0 N–H and O–H groups in total. The van der Waals surface area contributed by atoms with Gasteiger partial charge in [0.15, 0.2) is 11.0 Å². The summed E-state index contributed by atoms with van der Waals surface area (Å²) in [7, 11) is 1.65. The molecule has 0 aliphatic carbocycles. The van der Waals surface area contributed by atoms with Crippen molar-refractivity contribution in [1.29, 1.82) is 0 Å². The molecule has 148 valence electrons. The summed E-state index contributed by atoms with van der Waals surface area (Å²) in [5.41, 5.74) is 3.16. The van der Waals surface area contributed by atoms with Gasteiger partial charge >= 0.3 is 0 Å². The number of ether oxygens (including phenoxy) is 1. The highest BCUT2D eigenvalue weighted by Crippen LogP contribution is 2.27. The van der Waals surface area contributed by atoms with E-state index in [1.807, 2.05) is 49.4 Å². The van der Waals surface area contributed by atoms with Crippen molar-refractivity contribution < 1.29 is 4.74 Å². The van der Waals surface area contributed by atoms with Crippen molar-refractivity contribution >= 4 is 17.4 Å². The van der Waals surface area contributed by atoms with Crippen molar-refractivity contribution in [1.82, 2.24) is 24.1 Å². The maximum atomic E-state index is 12.5. The van der Waals surface area contributed by atoms with E-state index < -0.39 is 0 Å². The van der Waals surface area contributed by atoms with E-state index in [4.69, 9.17) is 4.74 Å². The molecule has 0 fully saturated rings. The zero-order valence-corrected chi connectivity index (χ0v) is 17.3. The number of nitrogens with zero attached hydrogens (tertiary/aromatic N) is 5. The van der Waals surface area contributed by atoms with E-state index >= 15 is 0 Å². The molecule has 0 saturated heterocycles. The average Bonchev–Trinajstić information content (AvgIpc) is 3.15. The van der Waals surface area contributed by atoms with Gasteiger partial charge in [-0.3, -0.25) is 9.20 Å². The minimum absolute atomic E-state index is 0.0698. The molecule has 0 aliphatic heterocycles. The fourth-order valence-corrected chi connectivity index (χ4v) is 4.11. The van der Waals surface area contributed by atoms with E-state index in [0.29, 0.717) is 11.4 Å². The molecule has 0 radical (unpaired) electrons. The molecule has 0 saturated carbocycles. The van der Waals surface area contributed by atoms with E-state index in [1.165, 1.54) is 11.8 Å². The lowest BCUT2D eigenvalue weighted by molar-refractivity contribution is 0.415. The van der Waals surface area contributed by atoms with E-state index in [0.717, 1.165) is 40.2 Å². The lowest BCUT2D eigenvalue weighted by Crippen LogP contribution is -2.17. The van der Waals surface area contributed by atoms with E-state index in [1.54, 1.807) is 17.6 Å². The van der Waals surface area contributed by atoms with Crippen molar-refractivity contribution in [2.24, 2.45) is 0 Å². The fraction of sp³-hybridized carbons (Fsp3) is 0.238. The van der Waals surface area contributed by atoms with Crippen LogP contribution in [0.25, 0.3) is 17.0 Å². The van der Waals surface area contributed by atoms with Crippen molar-refractivity contribution in [2.75, 3.05) is 7.11 Å². The zero-order valence-electron chi connectivity index (χ0n) is 16.5. The topological polar surface area (TPSA) is 74.3 Å². The van der Waals surface area contributed by atoms with Gasteiger partial charge in [-0.2, -0.15) is 0 Å². The van der Waals surface area contributed by atoms with Crippen LogP contribution in [0.1, 0.15) is 18.3 Å². The fourth-order valence-electron chi connectivity index (χ4n) is 3.21. The third-order valence-electron chi connectivity index (χ3n) is 4.66. The van der Waals surface area contributed by atoms with Crippen LogP contribution in [0.15, 0.2) is 58.5 Å². The molecule has 3 heterocycles. The van der Waals surface area contributed by atoms with Gasteiger partial charge in [-0.25, -0.2) is 4.98 Å². The van der Waals surface area contributed by atoms with Gasteiger partial charge in [0.05, 0.1) is 12.8 Å². The first kappa shape index (κ1) is 19.2. The van der Waals surface area contributed by atoms with Crippen molar-refractivity contribution in [2.45, 2.75) is 31.3 Å². The molecule has 0 aliphatic rings. The summed E-state index contributed by atoms with van der Waals surface area (Å²) in [4.78, 5) is 17.1. The molecule has 4 aromatic rings. The molecular weight excluding hydrogens is 386 g/mol. The Morgan fingerprint density at radius 3 is 2.62 bits per heavy atom. The predicted octanol–water partition coefficient (Wildman–Crippen LogP) is 3.58. The third kappa shape index (κ3) is 3.75. The van der Waals surface area contributed by atoms with E-state index in [2.05, 4.69) is 26.7 Å². The maximum absolute atomic E-state index is 12.5. The first-order chi connectivity index (χ1) is 14.1. The van der Waals surface area contributed by atoms with Crippen LogP contribution in [0.2, 0.25) is 0 Å². The number of methoxy groups -OCH3 is 1. The number of pyridine rings is 1. The van der Waals surface area contributed by atoms with Gasteiger partial charge in [0.1, 0.15) is 11.4 Å². The molecule has 0 bridgehead atoms. The summed E-state index contributed by atoms with van der Waals surface area (Å²) in [6.07, 6.45) is 0. The normalized spacial score (nSPS) is 11.1. The van der Waals surface area contributed by atoms with Crippen LogP contribution in [-0.2, 0) is 12.3 Å². The lowest BCUT2D eigenvalue weighted by atomic mass is 10.2. The Labute approximate surface area is 172 Å². The molecule has 29 heavy (non-hydrogen) atoms. The van der Waals surface area contributed by atoms with Crippen LogP contribution in [0.4, 0.5) is 0 Å². The minimum atomic E-state index is -0.0698. The number of aryl methyl sites for hydroxylation is 1. The molecule has 3 aromatic heterocycles. The van der Waals surface area contributed by atoms with E-state index in [9.17, 15) is 4.79 Å². The molecule has 1 aromatic carbocycles. The third-order valence-corrected chi connectivity index (χ3v) is 5.66. The quantitative estimate of drug-likeness (QED) is 0.455. The summed E-state index contributed by atoms with van der Waals surface area (Å²) in [6.45, 7) is 4.70. The number of aromatic nitrogens is 5. The number of hydrogen-bond acceptors (Lipinski definition) is 6. The molecule has 4 rings (SSSR count). The number of hydrogen-bond donors (Lipinski definition) is 0. The van der Waals surface area contributed by atoms with Crippen LogP contribution >= 0.6 is 11.8 Å². The second-order valence-corrected chi connectivity index (χ2v) is 7.46. The lowest BCUT2D eigenvalue weighted by Gasteiger charge is -2.09. The first-order valence-corrected chi connectivity index (χ1v) is 10.3. The van der Waals surface area contributed by atoms with Gasteiger partial charge in [0.2, 0.25) is 0 Å². The molecular formula is C21H21N5O2S. The van der Waals surface area contributed by atoms with Crippen molar-refractivity contribution in [3.05, 3.63) is 70.3 Å². The Balaban J connectivity index is 1.60. The van der Waals surface area contributed by atoms with Gasteiger partial charge in [-0.1, -0.05) is 17.8 Å². The number of fused-ring (bicyclic) bond motifs is 1. The Hall–Kier alpha value is -3.13. The SMILES string of the molecule is CCn1c(SCc2cc(=O)n3c(C)cccc3n2)nnc1-c1ccc(OC)cc1. The monoisotopic (exact) mass is 407 g/mol. The van der Waals surface area contributed by atoms with Gasteiger partial charge < -0.3 is 9.30 Å². The molecule has 0 spiro atoms. The molecule has 7 nitrogen and oxygen atoms in total. The molecule has 0 atom stereocenters. The smallest absolute Gasteiger partial charge is 0.258 e. The highest BCUT2D eigenvalue weighted by atomic mass is 32.2. The van der Waals surface area contributed by atoms with Crippen molar-refractivity contribution in [3.8, 4) is 17.1 Å². The Kier molecular flexibility index (Phi) is 5.35. The molecule has 0 unspecified atom stereocenters. The molecule has 0 amide bonds. The minimum Gasteiger partial charge on any atom is -0.497 e. The highest BCUT2D eigenvalue weighted by molar-refractivity contribution is 7.98. The van der Waals surface area contributed by atoms with E-state index in [-0.39, 0.29) is 5.56 Å². The van der Waals surface area contributed by atoms with Gasteiger partial charge in [0, 0.05) is 29.6 Å². The van der Waals surface area contributed by atoms with Crippen molar-refractivity contribution in [3.63, 3.8) is 0 Å². The summed E-state index contributed by atoms with van der Waals surface area (Å²) in [6, 6.07) is 15.0. The number of thioether (sulfide) groups is 1. The van der Waals surface area contributed by atoms with Crippen LogP contribution < -0.4 is 10.3 Å². The summed E-state index contributed by atoms with van der Waals surface area (Å²) < 4.78 is 8.90. The van der Waals surface area contributed by atoms with Gasteiger partial charge in [-0.15, -0.1) is 10.2 Å². The first-order valence-electron chi connectivity index (χ1n) is 9.29. The van der Waals surface area contributed by atoms with Crippen LogP contribution in [0.3, 0.4) is 0 Å². The van der Waals surface area contributed by atoms with Crippen LogP contribution in [-0.4, -0.2) is 31.3 Å². The zero-order chi connectivity index (χ0) is 20.4. The largest absolute Gasteiger partial charge is 0.497 e. The van der Waals surface area contributed by atoms with Gasteiger partial charge in [0.25, 0.3) is 5.56 Å². The van der Waals surface area contributed by atoms with Crippen LogP contribution in [0, 0.1) is 6.92 Å². The Morgan fingerprint density at radius 1 is 1.10 bits per heavy atom. The molecule has 8 heteroatoms. The number of benzene rings is 1. The predicted molar refractivity (Wildman–Crippen MR) is 113 cm³/mol. The standard InChI is InChI=1S/C21H21N5O2S/c1-4-25-20(15-8-10-17(28-3)11-9-15)23-24-21(25)29-13-16-12-19(27)26-14(2)6-5-7-18(26)22-16/h5-12H,4,13H2,1-3H3. The number of rotatable bonds is 6. The van der Waals surface area contributed by atoms with Gasteiger partial charge in [-0.05, 0) is 50.2 Å².